The third kappa shape index (κ3) is 1.62. The van der Waals surface area contributed by atoms with Crippen molar-refractivity contribution in [1.82, 2.24) is 4.90 Å². The van der Waals surface area contributed by atoms with Crippen LogP contribution < -0.4 is 0 Å². The zero-order valence-corrected chi connectivity index (χ0v) is 8.04. The molecule has 0 aromatic rings. The molecule has 1 heterocycles. The van der Waals surface area contributed by atoms with E-state index in [-0.39, 0.29) is 17.0 Å². The highest BCUT2D eigenvalue weighted by atomic mass is 79.9. The number of hydrogen-bond acceptors (Lipinski definition) is 2. The van der Waals surface area contributed by atoms with Gasteiger partial charge in [0.2, 0.25) is 5.91 Å². The standard InChI is InChI=1S/C7H10BrNO2/c1-9-6(10)4-3-5(8)7(9)11-2/h3-5,7H,1-2H3. The number of amides is 1. The Morgan fingerprint density at radius 2 is 2.36 bits per heavy atom. The summed E-state index contributed by atoms with van der Waals surface area (Å²) in [5, 5.41) is 0. The van der Waals surface area contributed by atoms with Gasteiger partial charge in [-0.1, -0.05) is 22.0 Å². The van der Waals surface area contributed by atoms with Crippen molar-refractivity contribution in [1.29, 1.82) is 0 Å². The highest BCUT2D eigenvalue weighted by Gasteiger charge is 2.27. The summed E-state index contributed by atoms with van der Waals surface area (Å²) in [5.41, 5.74) is 0. The lowest BCUT2D eigenvalue weighted by atomic mass is 10.2. The minimum absolute atomic E-state index is 0.0208. The topological polar surface area (TPSA) is 29.5 Å². The third-order valence-electron chi connectivity index (χ3n) is 1.67. The van der Waals surface area contributed by atoms with E-state index >= 15 is 0 Å². The molecule has 1 rings (SSSR count). The van der Waals surface area contributed by atoms with Gasteiger partial charge in [-0.2, -0.15) is 0 Å². The Hall–Kier alpha value is -0.350. The number of likely N-dealkylation sites (N-methyl/N-ethyl adjacent to an activating group) is 1. The van der Waals surface area contributed by atoms with Crippen molar-refractivity contribution in [2.45, 2.75) is 11.1 Å². The average molecular weight is 220 g/mol. The Morgan fingerprint density at radius 1 is 1.73 bits per heavy atom. The molecule has 0 saturated heterocycles. The minimum atomic E-state index is -0.188. The molecule has 0 bridgehead atoms. The van der Waals surface area contributed by atoms with Gasteiger partial charge in [0.15, 0.2) is 0 Å². The number of nitrogens with zero attached hydrogens (tertiary/aromatic N) is 1. The molecule has 0 aliphatic carbocycles. The fourth-order valence-electron chi connectivity index (χ4n) is 1.01. The highest BCUT2D eigenvalue weighted by molar-refractivity contribution is 9.09. The summed E-state index contributed by atoms with van der Waals surface area (Å²) in [6.07, 6.45) is 3.14. The van der Waals surface area contributed by atoms with Crippen molar-refractivity contribution in [2.75, 3.05) is 14.2 Å². The van der Waals surface area contributed by atoms with Crippen LogP contribution in [0.5, 0.6) is 0 Å². The van der Waals surface area contributed by atoms with E-state index in [0.29, 0.717) is 0 Å². The minimum Gasteiger partial charge on any atom is -0.360 e. The van der Waals surface area contributed by atoms with Crippen molar-refractivity contribution >= 4 is 21.8 Å². The summed E-state index contributed by atoms with van der Waals surface area (Å²) in [6.45, 7) is 0. The van der Waals surface area contributed by atoms with E-state index < -0.39 is 0 Å². The zero-order chi connectivity index (χ0) is 8.43. The van der Waals surface area contributed by atoms with E-state index in [1.165, 1.54) is 6.08 Å². The smallest absolute Gasteiger partial charge is 0.248 e. The number of hydrogen-bond donors (Lipinski definition) is 0. The van der Waals surface area contributed by atoms with Gasteiger partial charge in [-0.25, -0.2) is 0 Å². The lowest BCUT2D eigenvalue weighted by molar-refractivity contribution is -0.136. The first-order chi connectivity index (χ1) is 5.16. The Balaban J connectivity index is 2.78. The Labute approximate surface area is 74.1 Å². The molecule has 0 spiro atoms. The van der Waals surface area contributed by atoms with Crippen LogP contribution in [0.2, 0.25) is 0 Å². The third-order valence-corrected chi connectivity index (χ3v) is 2.42. The van der Waals surface area contributed by atoms with Gasteiger partial charge < -0.3 is 9.64 Å². The first-order valence-electron chi connectivity index (χ1n) is 3.28. The number of halogens is 1. The van der Waals surface area contributed by atoms with Crippen LogP contribution in [0.25, 0.3) is 0 Å². The molecule has 0 fully saturated rings. The number of rotatable bonds is 1. The summed E-state index contributed by atoms with van der Waals surface area (Å²) in [5.74, 6) is -0.0208. The summed E-state index contributed by atoms with van der Waals surface area (Å²) in [7, 11) is 3.30. The summed E-state index contributed by atoms with van der Waals surface area (Å²) in [4.78, 5) is 12.7. The number of alkyl halides is 1. The van der Waals surface area contributed by atoms with Crippen molar-refractivity contribution in [2.24, 2.45) is 0 Å². The van der Waals surface area contributed by atoms with Crippen molar-refractivity contribution in [3.8, 4) is 0 Å². The lowest BCUT2D eigenvalue weighted by Crippen LogP contribution is -2.45. The van der Waals surface area contributed by atoms with Crippen molar-refractivity contribution in [3.05, 3.63) is 12.2 Å². The van der Waals surface area contributed by atoms with E-state index in [9.17, 15) is 4.79 Å². The van der Waals surface area contributed by atoms with Gasteiger partial charge in [0.05, 0.1) is 4.83 Å². The summed E-state index contributed by atoms with van der Waals surface area (Å²) in [6, 6.07) is 0. The molecule has 62 valence electrons. The summed E-state index contributed by atoms with van der Waals surface area (Å²) >= 11 is 3.38. The quantitative estimate of drug-likeness (QED) is 0.610. The molecule has 0 radical (unpaired) electrons. The van der Waals surface area contributed by atoms with Gasteiger partial charge in [-0.3, -0.25) is 4.79 Å². The Bertz CT molecular complexity index is 193. The van der Waals surface area contributed by atoms with Gasteiger partial charge in [0.1, 0.15) is 6.23 Å². The first kappa shape index (κ1) is 8.74. The molecule has 3 nitrogen and oxygen atoms in total. The summed E-state index contributed by atoms with van der Waals surface area (Å²) < 4.78 is 5.09. The molecule has 1 amide bonds. The molecule has 11 heavy (non-hydrogen) atoms. The van der Waals surface area contributed by atoms with Crippen LogP contribution in [0.4, 0.5) is 0 Å². The molecule has 4 heteroatoms. The van der Waals surface area contributed by atoms with Gasteiger partial charge in [0, 0.05) is 20.2 Å². The molecule has 2 unspecified atom stereocenters. The SMILES string of the molecule is COC1C(Br)C=CC(=O)N1C. The molecule has 2 atom stereocenters. The second-order valence-corrected chi connectivity index (χ2v) is 3.44. The van der Waals surface area contributed by atoms with Crippen LogP contribution in [0, 0.1) is 0 Å². The van der Waals surface area contributed by atoms with Gasteiger partial charge in [0.25, 0.3) is 0 Å². The molecular weight excluding hydrogens is 210 g/mol. The van der Waals surface area contributed by atoms with E-state index in [2.05, 4.69) is 15.9 Å². The van der Waals surface area contributed by atoms with Crippen LogP contribution in [0.15, 0.2) is 12.2 Å². The van der Waals surface area contributed by atoms with Gasteiger partial charge in [-0.05, 0) is 0 Å². The van der Waals surface area contributed by atoms with Crippen LogP contribution in [0.3, 0.4) is 0 Å². The maximum absolute atomic E-state index is 11.0. The van der Waals surface area contributed by atoms with Gasteiger partial charge >= 0.3 is 0 Å². The predicted molar refractivity (Wildman–Crippen MR) is 45.4 cm³/mol. The van der Waals surface area contributed by atoms with Crippen LogP contribution in [-0.4, -0.2) is 36.0 Å². The fraction of sp³-hybridized carbons (Fsp3) is 0.571. The van der Waals surface area contributed by atoms with E-state index in [1.54, 1.807) is 25.1 Å². The average Bonchev–Trinajstić information content (AvgIpc) is 1.99. The first-order valence-corrected chi connectivity index (χ1v) is 4.20. The zero-order valence-electron chi connectivity index (χ0n) is 6.45. The largest absolute Gasteiger partial charge is 0.360 e. The molecular formula is C7H10BrNO2. The monoisotopic (exact) mass is 219 g/mol. The van der Waals surface area contributed by atoms with E-state index in [4.69, 9.17) is 4.74 Å². The predicted octanol–water partition coefficient (Wildman–Crippen LogP) is 0.751. The van der Waals surface area contributed by atoms with Crippen LogP contribution >= 0.6 is 15.9 Å². The van der Waals surface area contributed by atoms with Crippen molar-refractivity contribution < 1.29 is 9.53 Å². The maximum atomic E-state index is 11.0. The van der Waals surface area contributed by atoms with Crippen molar-refractivity contribution in [3.63, 3.8) is 0 Å². The molecule has 1 aliphatic heterocycles. The fourth-order valence-corrected chi connectivity index (χ4v) is 1.74. The number of carbonyl (C=O) groups is 1. The number of ether oxygens (including phenoxy) is 1. The normalized spacial score (nSPS) is 31.2. The molecule has 0 aromatic heterocycles. The molecule has 1 aliphatic rings. The Morgan fingerprint density at radius 3 is 2.82 bits per heavy atom. The van der Waals surface area contributed by atoms with E-state index in [0.717, 1.165) is 0 Å². The number of carbonyl (C=O) groups excluding carboxylic acids is 1. The van der Waals surface area contributed by atoms with Crippen LogP contribution in [0.1, 0.15) is 0 Å². The highest BCUT2D eigenvalue weighted by Crippen LogP contribution is 2.18. The molecule has 0 saturated carbocycles. The van der Waals surface area contributed by atoms with Crippen LogP contribution in [-0.2, 0) is 9.53 Å². The molecule has 0 aromatic carbocycles. The van der Waals surface area contributed by atoms with E-state index in [1.807, 2.05) is 0 Å². The number of methoxy groups -OCH3 is 1. The molecule has 0 N–H and O–H groups in total. The van der Waals surface area contributed by atoms with Gasteiger partial charge in [-0.15, -0.1) is 0 Å². The lowest BCUT2D eigenvalue weighted by Gasteiger charge is -2.31. The Kier molecular flexibility index (Phi) is 2.67. The second-order valence-electron chi connectivity index (χ2n) is 2.38. The maximum Gasteiger partial charge on any atom is 0.248 e. The second kappa shape index (κ2) is 3.36.